The fourth-order valence-corrected chi connectivity index (χ4v) is 2.50. The van der Waals surface area contributed by atoms with Crippen LogP contribution in [0.1, 0.15) is 32.6 Å². The number of nitrogens with zero attached hydrogens (tertiary/aromatic N) is 3. The Balaban J connectivity index is 2.34. The zero-order valence-corrected chi connectivity index (χ0v) is 15.6. The lowest BCUT2D eigenvalue weighted by Gasteiger charge is -2.26. The summed E-state index contributed by atoms with van der Waals surface area (Å²) >= 11 is 0. The van der Waals surface area contributed by atoms with Gasteiger partial charge in [-0.25, -0.2) is 4.99 Å². The second-order valence-corrected chi connectivity index (χ2v) is 6.26. The van der Waals surface area contributed by atoms with Crippen LogP contribution in [-0.4, -0.2) is 88.2 Å². The second kappa shape index (κ2) is 13.0. The van der Waals surface area contributed by atoms with Crippen LogP contribution in [0.5, 0.6) is 0 Å². The van der Waals surface area contributed by atoms with Crippen LogP contribution in [0.3, 0.4) is 0 Å². The molecule has 24 heavy (non-hydrogen) atoms. The number of likely N-dealkylation sites (N-methyl/N-ethyl adjacent to an activating group) is 1. The van der Waals surface area contributed by atoms with E-state index in [2.05, 4.69) is 20.5 Å². The van der Waals surface area contributed by atoms with Gasteiger partial charge in [-0.1, -0.05) is 6.42 Å². The van der Waals surface area contributed by atoms with Gasteiger partial charge < -0.3 is 25.2 Å². The van der Waals surface area contributed by atoms with Crippen molar-refractivity contribution in [1.29, 1.82) is 0 Å². The number of nitrogens with one attached hydrogen (secondary N) is 2. The predicted octanol–water partition coefficient (Wildman–Crippen LogP) is 0.522. The number of likely N-dealkylation sites (tertiary alicyclic amines) is 1. The Morgan fingerprint density at radius 2 is 1.88 bits per heavy atom. The first-order valence-electron chi connectivity index (χ1n) is 9.16. The first-order chi connectivity index (χ1) is 11.6. The molecule has 1 aliphatic rings. The molecule has 0 bridgehead atoms. The third-order valence-corrected chi connectivity index (χ3v) is 4.00. The van der Waals surface area contributed by atoms with Crippen molar-refractivity contribution < 1.29 is 9.53 Å². The molecule has 7 heteroatoms. The van der Waals surface area contributed by atoms with Crippen molar-refractivity contribution in [2.24, 2.45) is 4.99 Å². The van der Waals surface area contributed by atoms with Gasteiger partial charge in [-0.2, -0.15) is 0 Å². The van der Waals surface area contributed by atoms with Gasteiger partial charge in [0, 0.05) is 46.9 Å². The minimum Gasteiger partial charge on any atom is -0.382 e. The molecule has 0 aromatic carbocycles. The van der Waals surface area contributed by atoms with Crippen LogP contribution in [-0.2, 0) is 9.53 Å². The largest absolute Gasteiger partial charge is 0.382 e. The van der Waals surface area contributed by atoms with E-state index in [4.69, 9.17) is 4.74 Å². The second-order valence-electron chi connectivity index (χ2n) is 6.26. The van der Waals surface area contributed by atoms with Gasteiger partial charge in [-0.05, 0) is 39.3 Å². The summed E-state index contributed by atoms with van der Waals surface area (Å²) in [5.74, 6) is 0.708. The topological polar surface area (TPSA) is 69.2 Å². The fraction of sp³-hybridized carbons (Fsp3) is 0.882. The van der Waals surface area contributed by atoms with E-state index in [-0.39, 0.29) is 12.5 Å². The molecule has 1 saturated heterocycles. The monoisotopic (exact) mass is 341 g/mol. The summed E-state index contributed by atoms with van der Waals surface area (Å²) < 4.78 is 5.34. The number of amides is 1. The molecule has 140 valence electrons. The number of carbonyl (C=O) groups excluding carboxylic acids is 1. The van der Waals surface area contributed by atoms with Gasteiger partial charge in [0.25, 0.3) is 0 Å². The maximum absolute atomic E-state index is 11.7. The van der Waals surface area contributed by atoms with Crippen molar-refractivity contribution in [1.82, 2.24) is 20.4 Å². The molecule has 2 N–H and O–H groups in total. The van der Waals surface area contributed by atoms with Gasteiger partial charge >= 0.3 is 0 Å². The highest BCUT2D eigenvalue weighted by molar-refractivity contribution is 5.84. The first kappa shape index (κ1) is 20.7. The van der Waals surface area contributed by atoms with Gasteiger partial charge in [-0.3, -0.25) is 4.79 Å². The molecular weight excluding hydrogens is 306 g/mol. The molecular formula is C17H35N5O2. The van der Waals surface area contributed by atoms with Crippen LogP contribution in [0.25, 0.3) is 0 Å². The van der Waals surface area contributed by atoms with Crippen molar-refractivity contribution in [3.05, 3.63) is 0 Å². The van der Waals surface area contributed by atoms with Gasteiger partial charge in [-0.15, -0.1) is 0 Å². The van der Waals surface area contributed by atoms with Crippen molar-refractivity contribution in [3.63, 3.8) is 0 Å². The minimum atomic E-state index is 0.00134. The number of rotatable bonds is 10. The summed E-state index contributed by atoms with van der Waals surface area (Å²) in [6.45, 7) is 8.66. The Bertz CT molecular complexity index is 368. The van der Waals surface area contributed by atoms with E-state index < -0.39 is 0 Å². The van der Waals surface area contributed by atoms with Crippen LogP contribution < -0.4 is 10.6 Å². The Morgan fingerprint density at radius 1 is 1.17 bits per heavy atom. The summed E-state index contributed by atoms with van der Waals surface area (Å²) in [5, 5.41) is 6.62. The SMILES string of the molecule is CCOCCCNC(=NCC(=O)N(C)C)NCCN1CCCCC1. The molecule has 0 radical (unpaired) electrons. The minimum absolute atomic E-state index is 0.00134. The lowest BCUT2D eigenvalue weighted by Crippen LogP contribution is -2.43. The number of hydrogen-bond donors (Lipinski definition) is 2. The van der Waals surface area contributed by atoms with Crippen LogP contribution in [0, 0.1) is 0 Å². The van der Waals surface area contributed by atoms with Gasteiger partial charge in [0.15, 0.2) is 5.96 Å². The van der Waals surface area contributed by atoms with Crippen molar-refractivity contribution in [2.45, 2.75) is 32.6 Å². The lowest BCUT2D eigenvalue weighted by molar-refractivity contribution is -0.127. The highest BCUT2D eigenvalue weighted by Gasteiger charge is 2.10. The normalized spacial score (nSPS) is 16.0. The lowest BCUT2D eigenvalue weighted by atomic mass is 10.1. The number of hydrogen-bond acceptors (Lipinski definition) is 4. The summed E-state index contributed by atoms with van der Waals surface area (Å²) in [6, 6.07) is 0. The summed E-state index contributed by atoms with van der Waals surface area (Å²) in [4.78, 5) is 20.1. The Labute approximate surface area is 146 Å². The first-order valence-corrected chi connectivity index (χ1v) is 9.16. The molecule has 0 unspecified atom stereocenters. The third-order valence-electron chi connectivity index (χ3n) is 4.00. The van der Waals surface area contributed by atoms with E-state index in [1.54, 1.807) is 19.0 Å². The zero-order chi connectivity index (χ0) is 17.6. The number of guanidine groups is 1. The predicted molar refractivity (Wildman–Crippen MR) is 98.4 cm³/mol. The van der Waals surface area contributed by atoms with Crippen LogP contribution in [0.2, 0.25) is 0 Å². The van der Waals surface area contributed by atoms with Gasteiger partial charge in [0.1, 0.15) is 6.54 Å². The number of carbonyl (C=O) groups is 1. The average molecular weight is 342 g/mol. The Morgan fingerprint density at radius 3 is 2.54 bits per heavy atom. The average Bonchev–Trinajstić information content (AvgIpc) is 2.59. The van der Waals surface area contributed by atoms with E-state index in [9.17, 15) is 4.79 Å². The molecule has 1 rings (SSSR count). The summed E-state index contributed by atoms with van der Waals surface area (Å²) in [7, 11) is 3.49. The molecule has 7 nitrogen and oxygen atoms in total. The van der Waals surface area contributed by atoms with E-state index in [0.717, 1.165) is 39.3 Å². The maximum Gasteiger partial charge on any atom is 0.243 e. The van der Waals surface area contributed by atoms with Crippen LogP contribution in [0.4, 0.5) is 0 Å². The molecule has 0 aromatic heterocycles. The maximum atomic E-state index is 11.7. The van der Waals surface area contributed by atoms with E-state index >= 15 is 0 Å². The molecule has 0 saturated carbocycles. The fourth-order valence-electron chi connectivity index (χ4n) is 2.50. The Hall–Kier alpha value is -1.34. The summed E-state index contributed by atoms with van der Waals surface area (Å²) in [6.07, 6.45) is 4.87. The smallest absolute Gasteiger partial charge is 0.243 e. The summed E-state index contributed by atoms with van der Waals surface area (Å²) in [5.41, 5.74) is 0. The van der Waals surface area contributed by atoms with E-state index in [0.29, 0.717) is 5.96 Å². The number of piperidine rings is 1. The molecule has 1 heterocycles. The van der Waals surface area contributed by atoms with Gasteiger partial charge in [0.05, 0.1) is 0 Å². The molecule has 0 aliphatic carbocycles. The molecule has 1 aliphatic heterocycles. The van der Waals surface area contributed by atoms with Gasteiger partial charge in [0.2, 0.25) is 5.91 Å². The van der Waals surface area contributed by atoms with Crippen LogP contribution >= 0.6 is 0 Å². The highest BCUT2D eigenvalue weighted by atomic mass is 16.5. The Kier molecular flexibility index (Phi) is 11.2. The number of aliphatic imine (C=N–C) groups is 1. The molecule has 0 aromatic rings. The standard InChI is InChI=1S/C17H35N5O2/c1-4-24-14-8-9-18-17(20-15-16(23)21(2)3)19-10-13-22-11-6-5-7-12-22/h4-15H2,1-3H3,(H2,18,19,20). The van der Waals surface area contributed by atoms with Crippen molar-refractivity contribution in [2.75, 3.05) is 66.6 Å². The molecule has 0 spiro atoms. The van der Waals surface area contributed by atoms with E-state index in [1.807, 2.05) is 6.92 Å². The highest BCUT2D eigenvalue weighted by Crippen LogP contribution is 2.07. The molecule has 1 fully saturated rings. The quantitative estimate of drug-likeness (QED) is 0.344. The molecule has 1 amide bonds. The number of ether oxygens (including phenoxy) is 1. The zero-order valence-electron chi connectivity index (χ0n) is 15.6. The van der Waals surface area contributed by atoms with Crippen LogP contribution in [0.15, 0.2) is 4.99 Å². The molecule has 0 atom stereocenters. The third kappa shape index (κ3) is 9.72. The van der Waals surface area contributed by atoms with Crippen molar-refractivity contribution >= 4 is 11.9 Å². The van der Waals surface area contributed by atoms with E-state index in [1.165, 1.54) is 32.4 Å². The van der Waals surface area contributed by atoms with Crippen molar-refractivity contribution in [3.8, 4) is 0 Å².